The Balaban J connectivity index is 3.46. The molecule has 1 rings (SSSR count). The average molecular weight is 414 g/mol. The molecule has 8 heteroatoms. The molecule has 0 saturated carbocycles. The number of hydrogen-bond donors (Lipinski definition) is 2. The van der Waals surface area contributed by atoms with Crippen LogP contribution >= 0.6 is 0 Å². The molecule has 2 N–H and O–H groups in total. The molecule has 0 amide bonds. The lowest BCUT2D eigenvalue weighted by Gasteiger charge is -2.36. The third-order valence-corrected chi connectivity index (χ3v) is 4.09. The molecule has 7 nitrogen and oxygen atoms in total. The molecule has 1 aromatic rings. The number of rotatable bonds is 3. The van der Waals surface area contributed by atoms with E-state index in [4.69, 9.17) is 4.28 Å². The van der Waals surface area contributed by atoms with E-state index in [2.05, 4.69) is 37.1 Å². The van der Waals surface area contributed by atoms with Crippen molar-refractivity contribution in [2.24, 2.45) is 4.99 Å². The number of guanidine groups is 1. The molecular formula is C20H35N3O4S. The lowest BCUT2D eigenvalue weighted by Crippen LogP contribution is -2.50. The van der Waals surface area contributed by atoms with E-state index >= 15 is 0 Å². The molecule has 28 heavy (non-hydrogen) atoms. The van der Waals surface area contributed by atoms with Gasteiger partial charge in [-0.3, -0.25) is 4.55 Å². The number of hydroxylamine groups is 2. The molecule has 0 spiro atoms. The smallest absolute Gasteiger partial charge is 0.324 e. The maximum absolute atomic E-state index is 11.4. The Morgan fingerprint density at radius 2 is 1.61 bits per heavy atom. The number of benzene rings is 1. The van der Waals surface area contributed by atoms with Crippen molar-refractivity contribution >= 4 is 22.0 Å². The van der Waals surface area contributed by atoms with Crippen LogP contribution in [-0.4, -0.2) is 35.1 Å². The Kier molecular flexibility index (Phi) is 6.97. The Morgan fingerprint density at radius 1 is 1.07 bits per heavy atom. The van der Waals surface area contributed by atoms with Crippen molar-refractivity contribution in [1.82, 2.24) is 5.06 Å². The third kappa shape index (κ3) is 7.77. The van der Waals surface area contributed by atoms with E-state index in [1.807, 2.05) is 39.8 Å². The van der Waals surface area contributed by atoms with Crippen molar-refractivity contribution in [3.05, 3.63) is 29.3 Å². The van der Waals surface area contributed by atoms with Gasteiger partial charge in [-0.2, -0.15) is 13.5 Å². The summed E-state index contributed by atoms with van der Waals surface area (Å²) in [6.45, 7) is 19.3. The fraction of sp³-hybridized carbons (Fsp3) is 0.650. The van der Waals surface area contributed by atoms with Gasteiger partial charge in [0, 0.05) is 5.69 Å². The highest BCUT2D eigenvalue weighted by Crippen LogP contribution is 2.28. The number of nitrogens with one attached hydrogen (secondary N) is 1. The van der Waals surface area contributed by atoms with Gasteiger partial charge in [0.1, 0.15) is 0 Å². The van der Waals surface area contributed by atoms with Crippen molar-refractivity contribution < 1.29 is 17.3 Å². The zero-order valence-electron chi connectivity index (χ0n) is 18.7. The molecule has 0 atom stereocenters. The predicted octanol–water partition coefficient (Wildman–Crippen LogP) is 4.69. The summed E-state index contributed by atoms with van der Waals surface area (Å²) in [5.41, 5.74) is 1.63. The summed E-state index contributed by atoms with van der Waals surface area (Å²) < 4.78 is 37.0. The maximum Gasteiger partial charge on any atom is 0.418 e. The fourth-order valence-corrected chi connectivity index (χ4v) is 2.87. The van der Waals surface area contributed by atoms with Crippen molar-refractivity contribution in [3.8, 4) is 0 Å². The van der Waals surface area contributed by atoms with Gasteiger partial charge in [0.25, 0.3) is 0 Å². The summed E-state index contributed by atoms with van der Waals surface area (Å²) in [6, 6.07) is 6.04. The van der Waals surface area contributed by atoms with E-state index in [0.29, 0.717) is 0 Å². The molecule has 0 aliphatic heterocycles. The summed E-state index contributed by atoms with van der Waals surface area (Å²) >= 11 is 0. The molecule has 0 aromatic heterocycles. The van der Waals surface area contributed by atoms with Gasteiger partial charge in [-0.25, -0.2) is 4.99 Å². The summed E-state index contributed by atoms with van der Waals surface area (Å²) in [4.78, 5) is 4.60. The summed E-state index contributed by atoms with van der Waals surface area (Å²) in [7, 11) is -4.73. The van der Waals surface area contributed by atoms with Gasteiger partial charge in [0.05, 0.1) is 11.1 Å². The van der Waals surface area contributed by atoms with Crippen LogP contribution in [0.25, 0.3) is 0 Å². The molecular weight excluding hydrogens is 378 g/mol. The first-order valence-electron chi connectivity index (χ1n) is 9.25. The third-order valence-electron chi connectivity index (χ3n) is 3.75. The Bertz CT molecular complexity index is 826. The maximum atomic E-state index is 11.4. The number of aliphatic imine (C=N–C) groups is 1. The van der Waals surface area contributed by atoms with Crippen LogP contribution in [0.5, 0.6) is 0 Å². The van der Waals surface area contributed by atoms with Crippen molar-refractivity contribution in [1.29, 1.82) is 0 Å². The van der Waals surface area contributed by atoms with Gasteiger partial charge >= 0.3 is 10.4 Å². The van der Waals surface area contributed by atoms with Gasteiger partial charge in [-0.1, -0.05) is 32.9 Å². The van der Waals surface area contributed by atoms with Crippen LogP contribution in [0.3, 0.4) is 0 Å². The zero-order chi connectivity index (χ0) is 22.1. The van der Waals surface area contributed by atoms with Crippen LogP contribution < -0.4 is 5.32 Å². The minimum absolute atomic E-state index is 0.0111. The van der Waals surface area contributed by atoms with Crippen molar-refractivity contribution in [2.45, 2.75) is 85.7 Å². The van der Waals surface area contributed by atoms with Gasteiger partial charge in [-0.05, 0) is 71.1 Å². The van der Waals surface area contributed by atoms with E-state index in [-0.39, 0.29) is 11.4 Å². The predicted molar refractivity (Wildman–Crippen MR) is 115 cm³/mol. The average Bonchev–Trinajstić information content (AvgIpc) is 2.41. The molecule has 0 aliphatic carbocycles. The minimum atomic E-state index is -4.73. The molecule has 0 aliphatic rings. The van der Waals surface area contributed by atoms with Crippen LogP contribution in [-0.2, 0) is 20.1 Å². The molecule has 160 valence electrons. The van der Waals surface area contributed by atoms with E-state index in [9.17, 15) is 13.0 Å². The van der Waals surface area contributed by atoms with Crippen molar-refractivity contribution in [2.75, 3.05) is 5.32 Å². The van der Waals surface area contributed by atoms with Gasteiger partial charge < -0.3 is 5.32 Å². The first kappa shape index (κ1) is 24.4. The number of anilines is 1. The second kappa shape index (κ2) is 8.00. The molecule has 0 saturated heterocycles. The summed E-state index contributed by atoms with van der Waals surface area (Å²) in [5, 5.41) is 4.26. The van der Waals surface area contributed by atoms with E-state index in [1.165, 1.54) is 5.56 Å². The lowest BCUT2D eigenvalue weighted by atomic mass is 9.86. The first-order chi connectivity index (χ1) is 12.3. The Labute approximate surface area is 170 Å². The van der Waals surface area contributed by atoms with Crippen LogP contribution in [0, 0.1) is 6.92 Å². The van der Waals surface area contributed by atoms with E-state index in [1.54, 1.807) is 20.8 Å². The lowest BCUT2D eigenvalue weighted by molar-refractivity contribution is -0.0581. The second-order valence-corrected chi connectivity index (χ2v) is 11.0. The molecule has 0 unspecified atom stereocenters. The molecule has 1 aromatic carbocycles. The largest absolute Gasteiger partial charge is 0.418 e. The summed E-state index contributed by atoms with van der Waals surface area (Å²) in [5.74, 6) is 0.184. The Morgan fingerprint density at radius 3 is 1.96 bits per heavy atom. The Hall–Kier alpha value is -1.64. The quantitative estimate of drug-likeness (QED) is 0.323. The highest BCUT2D eigenvalue weighted by atomic mass is 32.3. The number of hydrogen-bond acceptors (Lipinski definition) is 4. The first-order valence-corrected chi connectivity index (χ1v) is 10.6. The fourth-order valence-electron chi connectivity index (χ4n) is 2.39. The number of nitrogens with zero attached hydrogens (tertiary/aromatic N) is 2. The summed E-state index contributed by atoms with van der Waals surface area (Å²) in [6.07, 6.45) is 0. The molecule has 0 heterocycles. The van der Waals surface area contributed by atoms with Gasteiger partial charge in [0.15, 0.2) is 0 Å². The second-order valence-electron chi connectivity index (χ2n) is 9.98. The van der Waals surface area contributed by atoms with Crippen LogP contribution in [0.4, 0.5) is 5.69 Å². The molecule has 0 bridgehead atoms. The van der Waals surface area contributed by atoms with Crippen LogP contribution in [0.2, 0.25) is 0 Å². The minimum Gasteiger partial charge on any atom is -0.324 e. The number of aryl methyl sites for hydroxylation is 1. The monoisotopic (exact) mass is 413 g/mol. The van der Waals surface area contributed by atoms with E-state index in [0.717, 1.165) is 16.3 Å². The topological polar surface area (TPSA) is 91.2 Å². The van der Waals surface area contributed by atoms with E-state index < -0.39 is 21.5 Å². The van der Waals surface area contributed by atoms with Crippen molar-refractivity contribution in [3.63, 3.8) is 0 Å². The molecule has 0 fully saturated rings. The molecule has 0 radical (unpaired) electrons. The SMILES string of the molecule is Cc1cc(C(C)(C)C)ccc1NC(=NC(C)(C)C)N(OS(=O)(=O)O)C(C)(C)C. The van der Waals surface area contributed by atoms with Crippen LogP contribution in [0.1, 0.15) is 73.4 Å². The van der Waals surface area contributed by atoms with Crippen LogP contribution in [0.15, 0.2) is 23.2 Å². The zero-order valence-corrected chi connectivity index (χ0v) is 19.5. The van der Waals surface area contributed by atoms with Gasteiger partial charge in [-0.15, -0.1) is 4.28 Å². The highest BCUT2D eigenvalue weighted by molar-refractivity contribution is 7.80. The van der Waals surface area contributed by atoms with Gasteiger partial charge in [0.2, 0.25) is 5.96 Å². The normalized spacial score (nSPS) is 14.2. The standard InChI is InChI=1S/C20H35N3O4S/c1-14-13-15(18(2,3)4)11-12-16(14)21-17(22-19(5,6)7)23(20(8,9)10)27-28(24,25)26/h11-13H,1-10H3,(H,21,22)(H,24,25,26). The highest BCUT2D eigenvalue weighted by Gasteiger charge is 2.32.